The lowest BCUT2D eigenvalue weighted by atomic mass is 10.1. The molecule has 84 valence electrons. The summed E-state index contributed by atoms with van der Waals surface area (Å²) in [6.07, 6.45) is 0. The van der Waals surface area contributed by atoms with Gasteiger partial charge in [-0.25, -0.2) is 4.98 Å². The SMILES string of the molecule is CNCc1nc(C)sc1-c1cccc(Br)c1. The van der Waals surface area contributed by atoms with Crippen LogP contribution in [0.1, 0.15) is 10.7 Å². The molecule has 0 radical (unpaired) electrons. The van der Waals surface area contributed by atoms with Crippen molar-refractivity contribution in [3.8, 4) is 10.4 Å². The van der Waals surface area contributed by atoms with Crippen LogP contribution in [0.3, 0.4) is 0 Å². The molecule has 0 saturated carbocycles. The molecule has 0 amide bonds. The van der Waals surface area contributed by atoms with Crippen molar-refractivity contribution in [2.45, 2.75) is 13.5 Å². The maximum Gasteiger partial charge on any atom is 0.0904 e. The minimum Gasteiger partial charge on any atom is -0.314 e. The first-order valence-corrected chi connectivity index (χ1v) is 6.68. The molecule has 0 bridgehead atoms. The van der Waals surface area contributed by atoms with Gasteiger partial charge in [-0.2, -0.15) is 0 Å². The van der Waals surface area contributed by atoms with Gasteiger partial charge in [0.2, 0.25) is 0 Å². The molecular weight excluding hydrogens is 284 g/mol. The van der Waals surface area contributed by atoms with Gasteiger partial charge in [0, 0.05) is 11.0 Å². The van der Waals surface area contributed by atoms with Crippen LogP contribution in [0, 0.1) is 6.92 Å². The third-order valence-corrected chi connectivity index (χ3v) is 3.79. The molecule has 1 aromatic heterocycles. The molecule has 0 aliphatic rings. The molecule has 0 fully saturated rings. The van der Waals surface area contributed by atoms with Crippen molar-refractivity contribution in [3.63, 3.8) is 0 Å². The average molecular weight is 297 g/mol. The molecule has 4 heteroatoms. The van der Waals surface area contributed by atoms with Gasteiger partial charge < -0.3 is 5.32 Å². The smallest absolute Gasteiger partial charge is 0.0904 e. The molecule has 16 heavy (non-hydrogen) atoms. The van der Waals surface area contributed by atoms with Crippen LogP contribution < -0.4 is 5.32 Å². The van der Waals surface area contributed by atoms with Gasteiger partial charge in [0.25, 0.3) is 0 Å². The van der Waals surface area contributed by atoms with Gasteiger partial charge in [0.15, 0.2) is 0 Å². The van der Waals surface area contributed by atoms with Crippen molar-refractivity contribution in [1.29, 1.82) is 0 Å². The van der Waals surface area contributed by atoms with Gasteiger partial charge in [0.05, 0.1) is 15.6 Å². The molecule has 0 saturated heterocycles. The maximum atomic E-state index is 4.55. The number of rotatable bonds is 3. The van der Waals surface area contributed by atoms with Crippen LogP contribution in [0.4, 0.5) is 0 Å². The molecule has 0 spiro atoms. The Bertz CT molecular complexity index is 494. The monoisotopic (exact) mass is 296 g/mol. The molecule has 0 unspecified atom stereocenters. The Balaban J connectivity index is 2.46. The summed E-state index contributed by atoms with van der Waals surface area (Å²) >= 11 is 5.24. The summed E-state index contributed by atoms with van der Waals surface area (Å²) in [7, 11) is 1.94. The summed E-state index contributed by atoms with van der Waals surface area (Å²) in [5.74, 6) is 0. The highest BCUT2D eigenvalue weighted by Crippen LogP contribution is 2.31. The molecule has 2 aromatic rings. The fourth-order valence-electron chi connectivity index (χ4n) is 1.61. The van der Waals surface area contributed by atoms with E-state index in [-0.39, 0.29) is 0 Å². The van der Waals surface area contributed by atoms with E-state index in [0.29, 0.717) is 0 Å². The van der Waals surface area contributed by atoms with Crippen molar-refractivity contribution in [2.24, 2.45) is 0 Å². The predicted molar refractivity (Wildman–Crippen MR) is 72.8 cm³/mol. The number of thiazole rings is 1. The summed E-state index contributed by atoms with van der Waals surface area (Å²) in [4.78, 5) is 5.80. The lowest BCUT2D eigenvalue weighted by Crippen LogP contribution is -2.06. The molecule has 0 aliphatic heterocycles. The summed E-state index contributed by atoms with van der Waals surface area (Å²) in [5, 5.41) is 4.27. The Morgan fingerprint density at radius 1 is 1.44 bits per heavy atom. The summed E-state index contributed by atoms with van der Waals surface area (Å²) in [6, 6.07) is 8.34. The second-order valence-electron chi connectivity index (χ2n) is 3.55. The number of halogens is 1. The van der Waals surface area contributed by atoms with E-state index in [9.17, 15) is 0 Å². The van der Waals surface area contributed by atoms with Crippen molar-refractivity contribution in [1.82, 2.24) is 10.3 Å². The molecular formula is C12H13BrN2S. The van der Waals surface area contributed by atoms with Gasteiger partial charge in [-0.1, -0.05) is 28.1 Å². The molecule has 2 nitrogen and oxygen atoms in total. The van der Waals surface area contributed by atoms with Gasteiger partial charge >= 0.3 is 0 Å². The average Bonchev–Trinajstić information content (AvgIpc) is 2.60. The van der Waals surface area contributed by atoms with E-state index < -0.39 is 0 Å². The van der Waals surface area contributed by atoms with Crippen LogP contribution in [0.2, 0.25) is 0 Å². The van der Waals surface area contributed by atoms with Crippen LogP contribution in [0.15, 0.2) is 28.7 Å². The van der Waals surface area contributed by atoms with Crippen LogP contribution in [-0.2, 0) is 6.54 Å². The third kappa shape index (κ3) is 2.51. The minimum atomic E-state index is 0.812. The van der Waals surface area contributed by atoms with Crippen LogP contribution in [0.5, 0.6) is 0 Å². The predicted octanol–water partition coefficient (Wildman–Crippen LogP) is 3.60. The van der Waals surface area contributed by atoms with E-state index >= 15 is 0 Å². The Morgan fingerprint density at radius 2 is 2.25 bits per heavy atom. The maximum absolute atomic E-state index is 4.55. The number of nitrogens with one attached hydrogen (secondary N) is 1. The van der Waals surface area contributed by atoms with Gasteiger partial charge in [0.1, 0.15) is 0 Å². The molecule has 1 heterocycles. The van der Waals surface area contributed by atoms with E-state index in [2.05, 4.69) is 44.4 Å². The number of aromatic nitrogens is 1. The quantitative estimate of drug-likeness (QED) is 0.936. The van der Waals surface area contributed by atoms with Crippen molar-refractivity contribution >= 4 is 27.3 Å². The highest BCUT2D eigenvalue weighted by molar-refractivity contribution is 9.10. The first-order valence-electron chi connectivity index (χ1n) is 5.07. The Kier molecular flexibility index (Phi) is 3.74. The van der Waals surface area contributed by atoms with E-state index in [4.69, 9.17) is 0 Å². The van der Waals surface area contributed by atoms with Gasteiger partial charge in [-0.3, -0.25) is 0 Å². The zero-order valence-corrected chi connectivity index (χ0v) is 11.7. The summed E-state index contributed by atoms with van der Waals surface area (Å²) in [5.41, 5.74) is 2.35. The molecule has 1 aromatic carbocycles. The number of hydrogen-bond acceptors (Lipinski definition) is 3. The van der Waals surface area contributed by atoms with Crippen LogP contribution in [0.25, 0.3) is 10.4 Å². The fraction of sp³-hybridized carbons (Fsp3) is 0.250. The topological polar surface area (TPSA) is 24.9 Å². The number of aryl methyl sites for hydroxylation is 1. The molecule has 2 rings (SSSR count). The van der Waals surface area contributed by atoms with E-state index in [1.165, 1.54) is 10.4 Å². The van der Waals surface area contributed by atoms with Crippen LogP contribution in [-0.4, -0.2) is 12.0 Å². The minimum absolute atomic E-state index is 0.812. The molecule has 1 N–H and O–H groups in total. The lowest BCUT2D eigenvalue weighted by Gasteiger charge is -2.02. The summed E-state index contributed by atoms with van der Waals surface area (Å²) < 4.78 is 1.10. The van der Waals surface area contributed by atoms with Crippen LogP contribution >= 0.6 is 27.3 Å². The fourth-order valence-corrected chi connectivity index (χ4v) is 2.94. The van der Waals surface area contributed by atoms with Gasteiger partial charge in [-0.05, 0) is 31.7 Å². The Hall–Kier alpha value is -0.710. The molecule has 0 aliphatic carbocycles. The number of nitrogens with zero attached hydrogens (tertiary/aromatic N) is 1. The second kappa shape index (κ2) is 5.08. The first kappa shape index (κ1) is 11.8. The number of hydrogen-bond donors (Lipinski definition) is 1. The van der Waals surface area contributed by atoms with Crippen molar-refractivity contribution < 1.29 is 0 Å². The van der Waals surface area contributed by atoms with Crippen molar-refractivity contribution in [3.05, 3.63) is 39.4 Å². The highest BCUT2D eigenvalue weighted by atomic mass is 79.9. The zero-order valence-electron chi connectivity index (χ0n) is 9.25. The summed E-state index contributed by atoms with van der Waals surface area (Å²) in [6.45, 7) is 2.86. The standard InChI is InChI=1S/C12H13BrN2S/c1-8-15-11(7-14-2)12(16-8)9-4-3-5-10(13)6-9/h3-6,14H,7H2,1-2H3. The Labute approximate surface area is 108 Å². The van der Waals surface area contributed by atoms with Crippen molar-refractivity contribution in [2.75, 3.05) is 7.05 Å². The molecule has 0 atom stereocenters. The first-order chi connectivity index (χ1) is 7.70. The van der Waals surface area contributed by atoms with E-state index in [1.54, 1.807) is 11.3 Å². The second-order valence-corrected chi connectivity index (χ2v) is 5.67. The lowest BCUT2D eigenvalue weighted by molar-refractivity contribution is 0.796. The van der Waals surface area contributed by atoms with Gasteiger partial charge in [-0.15, -0.1) is 11.3 Å². The highest BCUT2D eigenvalue weighted by Gasteiger charge is 2.10. The Morgan fingerprint density at radius 3 is 2.94 bits per heavy atom. The normalized spacial score (nSPS) is 10.7. The number of benzene rings is 1. The van der Waals surface area contributed by atoms with E-state index in [0.717, 1.165) is 21.7 Å². The third-order valence-electron chi connectivity index (χ3n) is 2.24. The van der Waals surface area contributed by atoms with E-state index in [1.807, 2.05) is 20.0 Å². The zero-order chi connectivity index (χ0) is 11.5. The largest absolute Gasteiger partial charge is 0.314 e.